The van der Waals surface area contributed by atoms with E-state index in [-0.39, 0.29) is 22.5 Å². The van der Waals surface area contributed by atoms with Gasteiger partial charge in [0.1, 0.15) is 12.2 Å². The number of alkyl halides is 3. The summed E-state index contributed by atoms with van der Waals surface area (Å²) in [6.07, 6.45) is -0.820. The third-order valence-corrected chi connectivity index (χ3v) is 4.05. The number of benzene rings is 2. The predicted octanol–water partition coefficient (Wildman–Crippen LogP) is 3.65. The fourth-order valence-corrected chi connectivity index (χ4v) is 2.73. The number of rotatable bonds is 8. The number of anilines is 2. The molecular weight excluding hydrogens is 429 g/mol. The standard InChI is InChI=1S/C22H17F3N2O5/c23-22(24,25)21(14-3-7-16(8-4-14)26-18(29)2-1-13-28)15-5-9-17(10-6-15)27-19(30)11-12-20(31)32/h1-13,21H,(H,26,29)(H,27,30)(H,31,32)/b2-1-,12-11-. The maximum absolute atomic E-state index is 13.8. The van der Waals surface area contributed by atoms with Gasteiger partial charge in [0.2, 0.25) is 11.8 Å². The number of amides is 2. The summed E-state index contributed by atoms with van der Waals surface area (Å²) >= 11 is 0. The van der Waals surface area contributed by atoms with Gasteiger partial charge in [0.15, 0.2) is 0 Å². The van der Waals surface area contributed by atoms with Gasteiger partial charge in [-0.05, 0) is 41.5 Å². The van der Waals surface area contributed by atoms with E-state index in [9.17, 15) is 32.3 Å². The van der Waals surface area contributed by atoms with E-state index in [1.807, 2.05) is 0 Å². The van der Waals surface area contributed by atoms with Crippen molar-refractivity contribution in [3.05, 3.63) is 84.0 Å². The highest BCUT2D eigenvalue weighted by Crippen LogP contribution is 2.40. The Kier molecular flexibility index (Phi) is 8.05. The van der Waals surface area contributed by atoms with Gasteiger partial charge >= 0.3 is 12.1 Å². The lowest BCUT2D eigenvalue weighted by Gasteiger charge is -2.22. The molecule has 0 aliphatic carbocycles. The molecule has 0 bridgehead atoms. The number of carbonyl (C=O) groups is 4. The summed E-state index contributed by atoms with van der Waals surface area (Å²) in [5.74, 6) is -4.62. The molecule has 10 heteroatoms. The van der Waals surface area contributed by atoms with Crippen molar-refractivity contribution in [3.63, 3.8) is 0 Å². The average molecular weight is 446 g/mol. The monoisotopic (exact) mass is 446 g/mol. The molecular formula is C22H17F3N2O5. The molecule has 0 aliphatic heterocycles. The zero-order chi connectivity index (χ0) is 23.7. The van der Waals surface area contributed by atoms with Crippen molar-refractivity contribution >= 4 is 35.4 Å². The molecule has 7 nitrogen and oxygen atoms in total. The Hall–Kier alpha value is -4.21. The van der Waals surface area contributed by atoms with Crippen LogP contribution in [0.1, 0.15) is 17.0 Å². The molecule has 1 atom stereocenters. The number of carboxylic acids is 1. The molecule has 3 N–H and O–H groups in total. The van der Waals surface area contributed by atoms with Gasteiger partial charge in [-0.2, -0.15) is 13.2 Å². The molecule has 0 aromatic heterocycles. The molecule has 2 rings (SSSR count). The molecule has 0 saturated heterocycles. The summed E-state index contributed by atoms with van der Waals surface area (Å²) < 4.78 is 41.3. The lowest BCUT2D eigenvalue weighted by Crippen LogP contribution is -2.22. The van der Waals surface area contributed by atoms with Gasteiger partial charge in [-0.1, -0.05) is 24.3 Å². The third kappa shape index (κ3) is 7.24. The molecule has 1 unspecified atom stereocenters. The molecule has 2 aromatic carbocycles. The van der Waals surface area contributed by atoms with Crippen LogP contribution in [-0.4, -0.2) is 35.4 Å². The first kappa shape index (κ1) is 24.1. The van der Waals surface area contributed by atoms with E-state index in [1.54, 1.807) is 0 Å². The number of nitrogens with one attached hydrogen (secondary N) is 2. The summed E-state index contributed by atoms with van der Waals surface area (Å²) in [5, 5.41) is 13.3. The summed E-state index contributed by atoms with van der Waals surface area (Å²) in [6, 6.07) is 10.0. The first-order valence-corrected chi connectivity index (χ1v) is 9.01. The van der Waals surface area contributed by atoms with E-state index in [4.69, 9.17) is 5.11 Å². The van der Waals surface area contributed by atoms with Crippen LogP contribution in [0.3, 0.4) is 0 Å². The van der Waals surface area contributed by atoms with Crippen molar-refractivity contribution in [2.24, 2.45) is 0 Å². The normalized spacial score (nSPS) is 12.5. The molecule has 0 heterocycles. The minimum Gasteiger partial charge on any atom is -0.478 e. The second-order valence-electron chi connectivity index (χ2n) is 6.36. The minimum absolute atomic E-state index is 0.0693. The molecule has 0 radical (unpaired) electrons. The van der Waals surface area contributed by atoms with E-state index in [0.29, 0.717) is 12.4 Å². The largest absolute Gasteiger partial charge is 0.478 e. The van der Waals surface area contributed by atoms with E-state index in [1.165, 1.54) is 48.5 Å². The van der Waals surface area contributed by atoms with E-state index in [0.717, 1.165) is 18.2 Å². The summed E-state index contributed by atoms with van der Waals surface area (Å²) in [4.78, 5) is 43.8. The van der Waals surface area contributed by atoms with E-state index >= 15 is 0 Å². The summed E-state index contributed by atoms with van der Waals surface area (Å²) in [6.45, 7) is 0. The number of hydrogen-bond donors (Lipinski definition) is 3. The third-order valence-electron chi connectivity index (χ3n) is 4.05. The van der Waals surface area contributed by atoms with Gasteiger partial charge in [0, 0.05) is 29.6 Å². The van der Waals surface area contributed by atoms with Crippen molar-refractivity contribution in [3.8, 4) is 0 Å². The van der Waals surface area contributed by atoms with Crippen LogP contribution in [-0.2, 0) is 19.2 Å². The van der Waals surface area contributed by atoms with Crippen LogP contribution in [0.15, 0.2) is 72.8 Å². The highest BCUT2D eigenvalue weighted by molar-refractivity contribution is 6.02. The lowest BCUT2D eigenvalue weighted by atomic mass is 9.90. The van der Waals surface area contributed by atoms with Crippen molar-refractivity contribution in [2.45, 2.75) is 12.1 Å². The Balaban J connectivity index is 2.21. The van der Waals surface area contributed by atoms with Crippen molar-refractivity contribution in [1.82, 2.24) is 0 Å². The van der Waals surface area contributed by atoms with Crippen LogP contribution in [0.5, 0.6) is 0 Å². The van der Waals surface area contributed by atoms with Crippen LogP contribution >= 0.6 is 0 Å². The van der Waals surface area contributed by atoms with Gasteiger partial charge in [-0.3, -0.25) is 14.4 Å². The van der Waals surface area contributed by atoms with Crippen LogP contribution in [0.4, 0.5) is 24.5 Å². The van der Waals surface area contributed by atoms with Gasteiger partial charge < -0.3 is 15.7 Å². The topological polar surface area (TPSA) is 113 Å². The lowest BCUT2D eigenvalue weighted by molar-refractivity contribution is -0.141. The van der Waals surface area contributed by atoms with E-state index in [2.05, 4.69) is 10.6 Å². The van der Waals surface area contributed by atoms with Crippen LogP contribution in [0.2, 0.25) is 0 Å². The fraction of sp³-hybridized carbons (Fsp3) is 0.0909. The van der Waals surface area contributed by atoms with Crippen LogP contribution in [0.25, 0.3) is 0 Å². The van der Waals surface area contributed by atoms with Crippen molar-refractivity contribution in [1.29, 1.82) is 0 Å². The zero-order valence-electron chi connectivity index (χ0n) is 16.3. The predicted molar refractivity (Wildman–Crippen MR) is 110 cm³/mol. The molecule has 0 fully saturated rings. The second kappa shape index (κ2) is 10.7. The Morgan fingerprint density at radius 2 is 1.22 bits per heavy atom. The van der Waals surface area contributed by atoms with Crippen LogP contribution in [0, 0.1) is 0 Å². The van der Waals surface area contributed by atoms with Gasteiger partial charge in [-0.25, -0.2) is 4.79 Å². The van der Waals surface area contributed by atoms with Gasteiger partial charge in [-0.15, -0.1) is 0 Å². The number of carbonyl (C=O) groups excluding carboxylic acids is 3. The molecule has 0 aliphatic rings. The summed E-state index contributed by atoms with van der Waals surface area (Å²) in [5.41, 5.74) is 0.293. The molecule has 2 amide bonds. The van der Waals surface area contributed by atoms with Gasteiger partial charge in [0.25, 0.3) is 0 Å². The number of carboxylic acid groups (broad SMARTS) is 1. The first-order chi connectivity index (χ1) is 15.1. The first-order valence-electron chi connectivity index (χ1n) is 9.01. The van der Waals surface area contributed by atoms with Crippen molar-refractivity contribution in [2.75, 3.05) is 10.6 Å². The second-order valence-corrected chi connectivity index (χ2v) is 6.36. The number of allylic oxidation sites excluding steroid dienone is 1. The molecule has 0 saturated carbocycles. The quantitative estimate of drug-likeness (QED) is 0.423. The average Bonchev–Trinajstić information content (AvgIpc) is 2.72. The van der Waals surface area contributed by atoms with Crippen molar-refractivity contribution < 1.29 is 37.5 Å². The molecule has 0 spiro atoms. The minimum atomic E-state index is -4.62. The zero-order valence-corrected chi connectivity index (χ0v) is 16.3. The smallest absolute Gasteiger partial charge is 0.399 e. The Bertz CT molecular complexity index is 1040. The highest BCUT2D eigenvalue weighted by Gasteiger charge is 2.41. The fourth-order valence-electron chi connectivity index (χ4n) is 2.73. The summed E-state index contributed by atoms with van der Waals surface area (Å²) in [7, 11) is 0. The Morgan fingerprint density at radius 3 is 1.59 bits per heavy atom. The van der Waals surface area contributed by atoms with Gasteiger partial charge in [0.05, 0.1) is 0 Å². The maximum Gasteiger partial charge on any atom is 0.399 e. The van der Waals surface area contributed by atoms with E-state index < -0.39 is 29.9 Å². The number of aldehydes is 1. The van der Waals surface area contributed by atoms with Crippen LogP contribution < -0.4 is 10.6 Å². The Labute approximate surface area is 180 Å². The molecule has 32 heavy (non-hydrogen) atoms. The highest BCUT2D eigenvalue weighted by atomic mass is 19.4. The SMILES string of the molecule is O=C/C=C\C(=O)Nc1ccc(C(c2ccc(NC(=O)/C=C\C(=O)O)cc2)C(F)(F)F)cc1. The maximum atomic E-state index is 13.8. The molecule has 166 valence electrons. The Morgan fingerprint density at radius 1 is 0.781 bits per heavy atom. The number of aliphatic carboxylic acids is 1. The molecule has 2 aromatic rings. The number of hydrogen-bond acceptors (Lipinski definition) is 4. The number of halogens is 3.